The number of esters is 2. The van der Waals surface area contributed by atoms with E-state index in [1.54, 1.807) is 6.92 Å². The van der Waals surface area contributed by atoms with E-state index in [1.165, 1.54) is 0 Å². The number of ether oxygens (including phenoxy) is 3. The third kappa shape index (κ3) is 4.09. The molecule has 124 valence electrons. The Bertz CT molecular complexity index is 481. The molecule has 2 fully saturated rings. The molecular formula is C17H26O5. The molecule has 0 aromatic heterocycles. The second kappa shape index (κ2) is 6.03. The van der Waals surface area contributed by atoms with Crippen LogP contribution in [0.15, 0.2) is 12.2 Å². The summed E-state index contributed by atoms with van der Waals surface area (Å²) in [5, 5.41) is 0. The lowest BCUT2D eigenvalue weighted by atomic mass is 9.83. The van der Waals surface area contributed by atoms with E-state index < -0.39 is 11.4 Å². The maximum Gasteiger partial charge on any atom is 0.333 e. The van der Waals surface area contributed by atoms with Gasteiger partial charge in [-0.05, 0) is 33.1 Å². The van der Waals surface area contributed by atoms with Gasteiger partial charge in [-0.1, -0.05) is 20.4 Å². The van der Waals surface area contributed by atoms with Crippen LogP contribution in [-0.4, -0.2) is 36.9 Å². The van der Waals surface area contributed by atoms with Crippen molar-refractivity contribution in [3.63, 3.8) is 0 Å². The summed E-state index contributed by atoms with van der Waals surface area (Å²) >= 11 is 0. The van der Waals surface area contributed by atoms with Crippen LogP contribution in [0, 0.1) is 11.3 Å². The first-order chi connectivity index (χ1) is 10.1. The number of hydrogen-bond donors (Lipinski definition) is 0. The minimum Gasteiger partial charge on any atom is -0.465 e. The first-order valence-electron chi connectivity index (χ1n) is 7.80. The molecule has 3 atom stereocenters. The fourth-order valence-electron chi connectivity index (χ4n) is 2.67. The van der Waals surface area contributed by atoms with Gasteiger partial charge >= 0.3 is 11.9 Å². The van der Waals surface area contributed by atoms with Gasteiger partial charge < -0.3 is 14.2 Å². The van der Waals surface area contributed by atoms with Gasteiger partial charge in [-0.25, -0.2) is 4.79 Å². The maximum atomic E-state index is 12.2. The topological polar surface area (TPSA) is 65.1 Å². The highest BCUT2D eigenvalue weighted by Gasteiger charge is 2.56. The summed E-state index contributed by atoms with van der Waals surface area (Å²) in [4.78, 5) is 23.6. The molecule has 1 aliphatic heterocycles. The van der Waals surface area contributed by atoms with Gasteiger partial charge in [0.05, 0.1) is 30.8 Å². The SMILES string of the molecule is C=C(C)C(=O)OCC(C)(C)COC(=O)C1CCC2(C)OC2C1. The maximum absolute atomic E-state index is 12.2. The standard InChI is InChI=1S/C17H26O5/c1-11(2)14(18)20-9-16(3,4)10-21-15(19)12-6-7-17(5)13(8-12)22-17/h12-13H,1,6-10H2,2-5H3. The molecule has 5 heteroatoms. The third-order valence-electron chi connectivity index (χ3n) is 4.40. The van der Waals surface area contributed by atoms with Crippen molar-refractivity contribution in [2.75, 3.05) is 13.2 Å². The molecule has 2 rings (SSSR count). The van der Waals surface area contributed by atoms with Crippen LogP contribution in [0.5, 0.6) is 0 Å². The normalized spacial score (nSPS) is 30.2. The predicted molar refractivity (Wildman–Crippen MR) is 81.1 cm³/mol. The van der Waals surface area contributed by atoms with Crippen molar-refractivity contribution in [1.29, 1.82) is 0 Å². The van der Waals surface area contributed by atoms with Gasteiger partial charge in [0.25, 0.3) is 0 Å². The first kappa shape index (κ1) is 17.0. The zero-order valence-electron chi connectivity index (χ0n) is 13.9. The van der Waals surface area contributed by atoms with E-state index in [4.69, 9.17) is 14.2 Å². The van der Waals surface area contributed by atoms with Crippen LogP contribution in [-0.2, 0) is 23.8 Å². The second-order valence-electron chi connectivity index (χ2n) is 7.52. The summed E-state index contributed by atoms with van der Waals surface area (Å²) in [6.07, 6.45) is 2.69. The summed E-state index contributed by atoms with van der Waals surface area (Å²) < 4.78 is 16.2. The molecule has 1 heterocycles. The second-order valence-corrected chi connectivity index (χ2v) is 7.52. The van der Waals surface area contributed by atoms with Crippen LogP contribution in [0.2, 0.25) is 0 Å². The molecule has 1 aliphatic carbocycles. The van der Waals surface area contributed by atoms with Crippen molar-refractivity contribution < 1.29 is 23.8 Å². The third-order valence-corrected chi connectivity index (χ3v) is 4.40. The molecule has 3 unspecified atom stereocenters. The van der Waals surface area contributed by atoms with Gasteiger partial charge in [-0.3, -0.25) is 4.79 Å². The Kier molecular flexibility index (Phi) is 4.66. The Labute approximate surface area is 132 Å². The largest absolute Gasteiger partial charge is 0.465 e. The van der Waals surface area contributed by atoms with Gasteiger partial charge in [0.15, 0.2) is 0 Å². The summed E-state index contributed by atoms with van der Waals surface area (Å²) in [6, 6.07) is 0. The zero-order chi connectivity index (χ0) is 16.5. The highest BCUT2D eigenvalue weighted by Crippen LogP contribution is 2.49. The monoisotopic (exact) mass is 310 g/mol. The van der Waals surface area contributed by atoms with Crippen molar-refractivity contribution in [1.82, 2.24) is 0 Å². The van der Waals surface area contributed by atoms with Crippen LogP contribution in [0.3, 0.4) is 0 Å². The summed E-state index contributed by atoms with van der Waals surface area (Å²) in [6.45, 7) is 11.5. The Hall–Kier alpha value is -1.36. The number of fused-ring (bicyclic) bond motifs is 1. The van der Waals surface area contributed by atoms with Gasteiger partial charge in [0.2, 0.25) is 0 Å². The highest BCUT2D eigenvalue weighted by molar-refractivity contribution is 5.86. The van der Waals surface area contributed by atoms with E-state index in [0.717, 1.165) is 19.3 Å². The van der Waals surface area contributed by atoms with Crippen LogP contribution in [0.1, 0.15) is 47.0 Å². The number of carbonyl (C=O) groups is 2. The van der Waals surface area contributed by atoms with Crippen LogP contribution >= 0.6 is 0 Å². The molecule has 0 N–H and O–H groups in total. The molecule has 0 bridgehead atoms. The average molecular weight is 310 g/mol. The van der Waals surface area contributed by atoms with E-state index in [1.807, 2.05) is 13.8 Å². The Morgan fingerprint density at radius 3 is 2.55 bits per heavy atom. The lowest BCUT2D eigenvalue weighted by Gasteiger charge is -2.26. The smallest absolute Gasteiger partial charge is 0.333 e. The number of hydrogen-bond acceptors (Lipinski definition) is 5. The van der Waals surface area contributed by atoms with Crippen LogP contribution in [0.4, 0.5) is 0 Å². The number of rotatable bonds is 6. The molecule has 0 aromatic rings. The summed E-state index contributed by atoms with van der Waals surface area (Å²) in [5.74, 6) is -0.664. The van der Waals surface area contributed by atoms with Crippen LogP contribution < -0.4 is 0 Å². The van der Waals surface area contributed by atoms with E-state index in [9.17, 15) is 9.59 Å². The van der Waals surface area contributed by atoms with Crippen molar-refractivity contribution in [3.8, 4) is 0 Å². The number of carbonyl (C=O) groups excluding carboxylic acids is 2. The van der Waals surface area contributed by atoms with E-state index >= 15 is 0 Å². The van der Waals surface area contributed by atoms with Crippen molar-refractivity contribution in [2.24, 2.45) is 11.3 Å². The quantitative estimate of drug-likeness (QED) is 0.429. The molecule has 1 saturated carbocycles. The molecule has 0 aromatic carbocycles. The molecule has 0 spiro atoms. The minimum absolute atomic E-state index is 0.00675. The molecule has 5 nitrogen and oxygen atoms in total. The van der Waals surface area contributed by atoms with Crippen molar-refractivity contribution >= 4 is 11.9 Å². The fourth-order valence-corrected chi connectivity index (χ4v) is 2.67. The fraction of sp³-hybridized carbons (Fsp3) is 0.765. The molecule has 22 heavy (non-hydrogen) atoms. The van der Waals surface area contributed by atoms with E-state index in [-0.39, 0.29) is 36.8 Å². The predicted octanol–water partition coefficient (Wildman–Crippen LogP) is 2.63. The Morgan fingerprint density at radius 1 is 1.32 bits per heavy atom. The molecule has 0 amide bonds. The summed E-state index contributed by atoms with van der Waals surface area (Å²) in [5.41, 5.74) is -0.0465. The lowest BCUT2D eigenvalue weighted by Crippen LogP contribution is -2.32. The minimum atomic E-state index is -0.420. The van der Waals surface area contributed by atoms with Crippen molar-refractivity contribution in [3.05, 3.63) is 12.2 Å². The van der Waals surface area contributed by atoms with Crippen molar-refractivity contribution in [2.45, 2.75) is 58.7 Å². The van der Waals surface area contributed by atoms with E-state index in [2.05, 4.69) is 13.5 Å². The first-order valence-corrected chi connectivity index (χ1v) is 7.80. The lowest BCUT2D eigenvalue weighted by molar-refractivity contribution is -0.155. The van der Waals surface area contributed by atoms with Crippen LogP contribution in [0.25, 0.3) is 0 Å². The van der Waals surface area contributed by atoms with Gasteiger partial charge in [-0.2, -0.15) is 0 Å². The van der Waals surface area contributed by atoms with E-state index in [0.29, 0.717) is 5.57 Å². The molecule has 0 radical (unpaired) electrons. The molecular weight excluding hydrogens is 284 g/mol. The highest BCUT2D eigenvalue weighted by atomic mass is 16.6. The number of epoxide rings is 1. The average Bonchev–Trinajstić information content (AvgIpc) is 3.12. The molecule has 1 saturated heterocycles. The van der Waals surface area contributed by atoms with Gasteiger partial charge in [0.1, 0.15) is 0 Å². The molecule has 2 aliphatic rings. The summed E-state index contributed by atoms with van der Waals surface area (Å²) in [7, 11) is 0. The Balaban J connectivity index is 1.73. The van der Waals surface area contributed by atoms with Gasteiger partial charge in [-0.15, -0.1) is 0 Å². The zero-order valence-corrected chi connectivity index (χ0v) is 13.9. The van der Waals surface area contributed by atoms with Gasteiger partial charge in [0, 0.05) is 11.0 Å². The Morgan fingerprint density at radius 2 is 1.95 bits per heavy atom.